The smallest absolute Gasteiger partial charge is 0.0640 e. The SMILES string of the molecule is C#C/C=C\C(C)=C(/CC)C(C)(C)C(C)(C)/N=C/C(/C=C\C=C/C)=C/CC. The summed E-state index contributed by atoms with van der Waals surface area (Å²) < 4.78 is 0. The molecule has 0 heterocycles. The second-order valence-corrected chi connectivity index (χ2v) is 7.45. The van der Waals surface area contributed by atoms with Crippen LogP contribution in [-0.2, 0) is 0 Å². The molecule has 0 unspecified atom stereocenters. The molecule has 1 nitrogen and oxygen atoms in total. The average Bonchev–Trinajstić information content (AvgIpc) is 2.58. The monoisotopic (exact) mass is 351 g/mol. The van der Waals surface area contributed by atoms with Crippen molar-refractivity contribution in [1.82, 2.24) is 0 Å². The maximum atomic E-state index is 5.37. The Morgan fingerprint density at radius 3 is 2.23 bits per heavy atom. The van der Waals surface area contributed by atoms with Crippen LogP contribution in [0.2, 0.25) is 0 Å². The highest BCUT2D eigenvalue weighted by Crippen LogP contribution is 2.43. The van der Waals surface area contributed by atoms with Crippen molar-refractivity contribution in [2.75, 3.05) is 0 Å². The largest absolute Gasteiger partial charge is 0.286 e. The molecule has 0 spiro atoms. The lowest BCUT2D eigenvalue weighted by Gasteiger charge is -2.41. The van der Waals surface area contributed by atoms with Crippen LogP contribution < -0.4 is 0 Å². The first-order valence-electron chi connectivity index (χ1n) is 9.55. The molecule has 0 aliphatic carbocycles. The van der Waals surface area contributed by atoms with Gasteiger partial charge < -0.3 is 0 Å². The predicted molar refractivity (Wildman–Crippen MR) is 120 cm³/mol. The van der Waals surface area contributed by atoms with E-state index >= 15 is 0 Å². The zero-order chi connectivity index (χ0) is 20.2. The maximum Gasteiger partial charge on any atom is 0.0640 e. The Morgan fingerprint density at radius 2 is 1.73 bits per heavy atom. The van der Waals surface area contributed by atoms with Crippen molar-refractivity contribution in [3.63, 3.8) is 0 Å². The normalized spacial score (nSPS) is 15.4. The number of hydrogen-bond acceptors (Lipinski definition) is 1. The molecule has 0 N–H and O–H groups in total. The van der Waals surface area contributed by atoms with Gasteiger partial charge in [-0.05, 0) is 52.2 Å². The summed E-state index contributed by atoms with van der Waals surface area (Å²) in [5, 5.41) is 0. The molecule has 0 rings (SSSR count). The van der Waals surface area contributed by atoms with Gasteiger partial charge in [0.2, 0.25) is 0 Å². The van der Waals surface area contributed by atoms with Gasteiger partial charge in [-0.15, -0.1) is 6.42 Å². The molecular weight excluding hydrogens is 314 g/mol. The van der Waals surface area contributed by atoms with Crippen LogP contribution in [0.5, 0.6) is 0 Å². The van der Waals surface area contributed by atoms with Crippen LogP contribution in [0.1, 0.15) is 68.2 Å². The average molecular weight is 352 g/mol. The van der Waals surface area contributed by atoms with Gasteiger partial charge in [-0.2, -0.15) is 0 Å². The van der Waals surface area contributed by atoms with Crippen molar-refractivity contribution in [3.05, 3.63) is 59.3 Å². The summed E-state index contributed by atoms with van der Waals surface area (Å²) in [5.41, 5.74) is 3.42. The van der Waals surface area contributed by atoms with Gasteiger partial charge >= 0.3 is 0 Å². The lowest BCUT2D eigenvalue weighted by molar-refractivity contribution is 0.250. The maximum absolute atomic E-state index is 5.37. The van der Waals surface area contributed by atoms with E-state index in [1.807, 2.05) is 31.4 Å². The fraction of sp³-hybridized carbons (Fsp3) is 0.480. The molecule has 0 bridgehead atoms. The quantitative estimate of drug-likeness (QED) is 0.236. The Bertz CT molecular complexity index is 653. The lowest BCUT2D eigenvalue weighted by Crippen LogP contribution is -2.39. The van der Waals surface area contributed by atoms with Crippen LogP contribution in [0.4, 0.5) is 0 Å². The molecule has 142 valence electrons. The molecule has 0 aliphatic rings. The Kier molecular flexibility index (Phi) is 10.6. The molecule has 0 fully saturated rings. The van der Waals surface area contributed by atoms with Gasteiger partial charge in [-0.3, -0.25) is 4.99 Å². The molecule has 0 aromatic heterocycles. The molecule has 0 aromatic rings. The van der Waals surface area contributed by atoms with E-state index in [0.29, 0.717) is 0 Å². The standard InChI is InChI=1S/C25H37N/c1-10-14-16-19-22(17-12-3)20-26-25(8,9)24(6,7)23(13-4)21(5)18-15-11-2/h2,10,14-20H,12-13H2,1,3-9H3/b14-10-,18-15-,19-16-,22-17+,23-21+,26-20+. The Balaban J connectivity index is 5.85. The number of allylic oxidation sites excluding steroid dienone is 9. The Hall–Kier alpha value is -2.07. The van der Waals surface area contributed by atoms with Crippen molar-refractivity contribution in [3.8, 4) is 12.3 Å². The van der Waals surface area contributed by atoms with E-state index in [1.165, 1.54) is 11.1 Å². The van der Waals surface area contributed by atoms with Crippen molar-refractivity contribution in [2.45, 2.75) is 73.8 Å². The highest BCUT2D eigenvalue weighted by atomic mass is 14.9. The van der Waals surface area contributed by atoms with E-state index in [1.54, 1.807) is 6.08 Å². The first-order chi connectivity index (χ1) is 12.2. The molecule has 0 aromatic carbocycles. The fourth-order valence-corrected chi connectivity index (χ4v) is 2.93. The molecule has 1 heteroatoms. The number of hydrogen-bond donors (Lipinski definition) is 0. The highest BCUT2D eigenvalue weighted by molar-refractivity contribution is 5.82. The first kappa shape index (κ1) is 23.9. The summed E-state index contributed by atoms with van der Waals surface area (Å²) in [6.45, 7) is 17.5. The van der Waals surface area contributed by atoms with Gasteiger partial charge in [0.25, 0.3) is 0 Å². The third-order valence-electron chi connectivity index (χ3n) is 5.11. The van der Waals surface area contributed by atoms with Crippen LogP contribution in [0.15, 0.2) is 64.2 Å². The summed E-state index contributed by atoms with van der Waals surface area (Å²) in [4.78, 5) is 4.99. The summed E-state index contributed by atoms with van der Waals surface area (Å²) in [6.07, 6.45) is 23.6. The fourth-order valence-electron chi connectivity index (χ4n) is 2.93. The third-order valence-corrected chi connectivity index (χ3v) is 5.11. The van der Waals surface area contributed by atoms with Gasteiger partial charge in [0.1, 0.15) is 0 Å². The van der Waals surface area contributed by atoms with E-state index < -0.39 is 0 Å². The second kappa shape index (κ2) is 11.5. The van der Waals surface area contributed by atoms with Crippen LogP contribution in [0.25, 0.3) is 0 Å². The molecule has 26 heavy (non-hydrogen) atoms. The van der Waals surface area contributed by atoms with Crippen molar-refractivity contribution in [2.24, 2.45) is 10.4 Å². The van der Waals surface area contributed by atoms with Crippen molar-refractivity contribution in [1.29, 1.82) is 0 Å². The van der Waals surface area contributed by atoms with Gasteiger partial charge in [0, 0.05) is 11.6 Å². The minimum Gasteiger partial charge on any atom is -0.286 e. The van der Waals surface area contributed by atoms with Gasteiger partial charge in [0.15, 0.2) is 0 Å². The van der Waals surface area contributed by atoms with E-state index in [-0.39, 0.29) is 11.0 Å². The summed E-state index contributed by atoms with van der Waals surface area (Å²) in [5.74, 6) is 2.58. The van der Waals surface area contributed by atoms with Crippen LogP contribution in [0, 0.1) is 17.8 Å². The first-order valence-corrected chi connectivity index (χ1v) is 9.55. The molecule has 0 amide bonds. The minimum absolute atomic E-state index is 0.0916. The van der Waals surface area contributed by atoms with E-state index in [0.717, 1.165) is 18.4 Å². The van der Waals surface area contributed by atoms with Crippen LogP contribution in [-0.4, -0.2) is 11.8 Å². The molecule has 0 atom stereocenters. The minimum atomic E-state index is -0.245. The van der Waals surface area contributed by atoms with Crippen molar-refractivity contribution >= 4 is 6.21 Å². The number of aliphatic imine (C=N–C) groups is 1. The lowest BCUT2D eigenvalue weighted by atomic mass is 9.67. The molecule has 0 saturated carbocycles. The number of terminal acetylenes is 1. The molecular formula is C25H37N. The number of rotatable bonds is 9. The van der Waals surface area contributed by atoms with E-state index in [4.69, 9.17) is 11.4 Å². The summed E-state index contributed by atoms with van der Waals surface area (Å²) >= 11 is 0. The van der Waals surface area contributed by atoms with E-state index in [9.17, 15) is 0 Å². The summed E-state index contributed by atoms with van der Waals surface area (Å²) in [6, 6.07) is 0. The molecule has 0 saturated heterocycles. The third kappa shape index (κ3) is 7.04. The zero-order valence-electron chi connectivity index (χ0n) is 18.1. The van der Waals surface area contributed by atoms with Gasteiger partial charge in [-0.1, -0.05) is 81.2 Å². The Labute approximate surface area is 162 Å². The van der Waals surface area contributed by atoms with Crippen LogP contribution in [0.3, 0.4) is 0 Å². The number of nitrogens with zero attached hydrogens (tertiary/aromatic N) is 1. The van der Waals surface area contributed by atoms with Gasteiger partial charge in [-0.25, -0.2) is 0 Å². The summed E-state index contributed by atoms with van der Waals surface area (Å²) in [7, 11) is 0. The van der Waals surface area contributed by atoms with Crippen LogP contribution >= 0.6 is 0 Å². The Morgan fingerprint density at radius 1 is 1.08 bits per heavy atom. The topological polar surface area (TPSA) is 12.4 Å². The molecule has 0 aliphatic heterocycles. The van der Waals surface area contributed by atoms with Crippen molar-refractivity contribution < 1.29 is 0 Å². The highest BCUT2D eigenvalue weighted by Gasteiger charge is 2.39. The second-order valence-electron chi connectivity index (χ2n) is 7.45. The van der Waals surface area contributed by atoms with Gasteiger partial charge in [0.05, 0.1) is 5.54 Å². The zero-order valence-corrected chi connectivity index (χ0v) is 18.1. The van der Waals surface area contributed by atoms with E-state index in [2.05, 4.69) is 72.6 Å². The molecule has 0 radical (unpaired) electrons. The predicted octanol–water partition coefficient (Wildman–Crippen LogP) is 7.25.